The van der Waals surface area contributed by atoms with Crippen LogP contribution < -0.4 is 10.1 Å². The predicted octanol–water partition coefficient (Wildman–Crippen LogP) is 3.52. The number of aliphatic hydroxyl groups excluding tert-OH is 1. The lowest BCUT2D eigenvalue weighted by Gasteiger charge is -2.14. The number of aliphatic hydroxyl groups is 1. The van der Waals surface area contributed by atoms with Gasteiger partial charge in [-0.2, -0.15) is 0 Å². The van der Waals surface area contributed by atoms with E-state index in [2.05, 4.69) is 5.32 Å². The number of nitrogens with one attached hydrogen (secondary N) is 1. The third kappa shape index (κ3) is 4.28. The number of esters is 1. The smallest absolute Gasteiger partial charge is 0.340 e. The van der Waals surface area contributed by atoms with E-state index >= 15 is 0 Å². The number of ether oxygens (including phenoxy) is 2. The van der Waals surface area contributed by atoms with E-state index in [-0.39, 0.29) is 12.6 Å². The zero-order valence-corrected chi connectivity index (χ0v) is 16.4. The van der Waals surface area contributed by atoms with Gasteiger partial charge in [0.05, 0.1) is 12.2 Å². The van der Waals surface area contributed by atoms with Crippen molar-refractivity contribution in [2.45, 2.75) is 20.0 Å². The Kier molecular flexibility index (Phi) is 6.21. The van der Waals surface area contributed by atoms with Crippen molar-refractivity contribution < 1.29 is 19.4 Å². The molecule has 6 nitrogen and oxygen atoms in total. The maximum Gasteiger partial charge on any atom is 0.340 e. The molecule has 0 amide bonds. The molecule has 0 saturated heterocycles. The van der Waals surface area contributed by atoms with Crippen molar-refractivity contribution >= 4 is 22.6 Å². The van der Waals surface area contributed by atoms with Crippen LogP contribution in [0.1, 0.15) is 23.0 Å². The summed E-state index contributed by atoms with van der Waals surface area (Å²) >= 11 is 0. The number of aromatic nitrogens is 1. The number of aryl methyl sites for hydroxylation is 1. The van der Waals surface area contributed by atoms with Gasteiger partial charge in [-0.15, -0.1) is 0 Å². The second-order valence-corrected chi connectivity index (χ2v) is 6.63. The number of rotatable bonds is 8. The molecule has 1 aromatic heterocycles. The lowest BCUT2D eigenvalue weighted by atomic mass is 10.1. The number of carbonyl (C=O) groups is 1. The summed E-state index contributed by atoms with van der Waals surface area (Å²) in [6.45, 7) is 4.53. The minimum Gasteiger partial charge on any atom is -0.491 e. The molecule has 0 aliphatic carbocycles. The maximum absolute atomic E-state index is 12.4. The van der Waals surface area contributed by atoms with Gasteiger partial charge in [0.1, 0.15) is 18.5 Å². The van der Waals surface area contributed by atoms with Gasteiger partial charge < -0.3 is 24.5 Å². The Bertz CT molecular complexity index is 950. The summed E-state index contributed by atoms with van der Waals surface area (Å²) in [6.07, 6.45) is -0.669. The first-order valence-electron chi connectivity index (χ1n) is 9.37. The van der Waals surface area contributed by atoms with Crippen LogP contribution in [0.3, 0.4) is 0 Å². The second-order valence-electron chi connectivity index (χ2n) is 6.63. The van der Waals surface area contributed by atoms with Crippen LogP contribution in [0.25, 0.3) is 10.9 Å². The van der Waals surface area contributed by atoms with E-state index in [0.29, 0.717) is 24.5 Å². The highest BCUT2D eigenvalue weighted by molar-refractivity contribution is 6.06. The second kappa shape index (κ2) is 8.80. The van der Waals surface area contributed by atoms with E-state index < -0.39 is 6.10 Å². The van der Waals surface area contributed by atoms with Gasteiger partial charge in [-0.05, 0) is 44.2 Å². The molecule has 3 rings (SSSR count). The van der Waals surface area contributed by atoms with E-state index in [9.17, 15) is 9.90 Å². The molecule has 0 unspecified atom stereocenters. The average molecular weight is 382 g/mol. The van der Waals surface area contributed by atoms with Crippen LogP contribution in [0.5, 0.6) is 5.75 Å². The van der Waals surface area contributed by atoms with Crippen LogP contribution in [0, 0.1) is 6.92 Å². The topological polar surface area (TPSA) is 72.7 Å². The van der Waals surface area contributed by atoms with Crippen molar-refractivity contribution in [3.63, 3.8) is 0 Å². The molecule has 0 aliphatic rings. The molecule has 148 valence electrons. The summed E-state index contributed by atoms with van der Waals surface area (Å²) in [6, 6.07) is 15.3. The Hall–Kier alpha value is -2.99. The van der Waals surface area contributed by atoms with Gasteiger partial charge in [0.2, 0.25) is 0 Å². The summed E-state index contributed by atoms with van der Waals surface area (Å²) < 4.78 is 12.9. The fourth-order valence-electron chi connectivity index (χ4n) is 3.14. The molecular formula is C22H26N2O4. The molecule has 2 N–H and O–H groups in total. The molecular weight excluding hydrogens is 356 g/mol. The number of hydrogen-bond donors (Lipinski definition) is 2. The summed E-state index contributed by atoms with van der Waals surface area (Å²) in [7, 11) is 1.92. The van der Waals surface area contributed by atoms with Crippen LogP contribution in [0.2, 0.25) is 0 Å². The van der Waals surface area contributed by atoms with Gasteiger partial charge in [0.15, 0.2) is 0 Å². The molecule has 2 aromatic carbocycles. The van der Waals surface area contributed by atoms with Crippen molar-refractivity contribution in [2.24, 2.45) is 7.05 Å². The summed E-state index contributed by atoms with van der Waals surface area (Å²) in [5.41, 5.74) is 3.27. The minimum absolute atomic E-state index is 0.145. The Balaban J connectivity index is 1.69. The fourth-order valence-corrected chi connectivity index (χ4v) is 3.14. The molecule has 0 radical (unpaired) electrons. The Labute approximate surface area is 164 Å². The summed E-state index contributed by atoms with van der Waals surface area (Å²) in [5.74, 6) is 0.261. The molecule has 3 aromatic rings. The monoisotopic (exact) mass is 382 g/mol. The van der Waals surface area contributed by atoms with E-state index in [1.165, 1.54) is 0 Å². The van der Waals surface area contributed by atoms with E-state index in [1.807, 2.05) is 67.1 Å². The van der Waals surface area contributed by atoms with E-state index in [4.69, 9.17) is 9.47 Å². The quantitative estimate of drug-likeness (QED) is 0.583. The van der Waals surface area contributed by atoms with Gasteiger partial charge >= 0.3 is 5.97 Å². The standard InChI is InChI=1S/C22H26N2O4/c1-4-27-22(26)21-15(2)24(3)20-11-10-18(12-19(20)21)28-14-17(25)13-23-16-8-6-5-7-9-16/h5-12,17,23,25H,4,13-14H2,1-3H3/t17-/m1/s1. The summed E-state index contributed by atoms with van der Waals surface area (Å²) in [5, 5.41) is 14.1. The first kappa shape index (κ1) is 19.8. The number of hydrogen-bond acceptors (Lipinski definition) is 5. The number of fused-ring (bicyclic) bond motifs is 1. The molecule has 6 heteroatoms. The minimum atomic E-state index is -0.669. The first-order chi connectivity index (χ1) is 13.5. The summed E-state index contributed by atoms with van der Waals surface area (Å²) in [4.78, 5) is 12.4. The number of carbonyl (C=O) groups excluding carboxylic acids is 1. The van der Waals surface area contributed by atoms with Gasteiger partial charge in [-0.1, -0.05) is 18.2 Å². The molecule has 0 aliphatic heterocycles. The molecule has 1 atom stereocenters. The molecule has 1 heterocycles. The first-order valence-corrected chi connectivity index (χ1v) is 9.37. The van der Waals surface area contributed by atoms with Crippen LogP contribution in [0.4, 0.5) is 5.69 Å². The third-order valence-corrected chi connectivity index (χ3v) is 4.70. The number of benzene rings is 2. The Morgan fingerprint density at radius 2 is 1.96 bits per heavy atom. The fraction of sp³-hybridized carbons (Fsp3) is 0.318. The normalized spacial score (nSPS) is 12.0. The van der Waals surface area contributed by atoms with Gasteiger partial charge in [-0.3, -0.25) is 0 Å². The lowest BCUT2D eigenvalue weighted by molar-refractivity contribution is 0.0527. The Morgan fingerprint density at radius 1 is 1.21 bits per heavy atom. The average Bonchev–Trinajstić information content (AvgIpc) is 2.95. The zero-order chi connectivity index (χ0) is 20.1. The van der Waals surface area contributed by atoms with Crippen molar-refractivity contribution in [1.29, 1.82) is 0 Å². The Morgan fingerprint density at radius 3 is 2.68 bits per heavy atom. The number of nitrogens with zero attached hydrogens (tertiary/aromatic N) is 1. The van der Waals surface area contributed by atoms with E-state index in [0.717, 1.165) is 22.3 Å². The molecule has 0 saturated carbocycles. The van der Waals surface area contributed by atoms with E-state index in [1.54, 1.807) is 6.92 Å². The van der Waals surface area contributed by atoms with Crippen LogP contribution in [0.15, 0.2) is 48.5 Å². The SMILES string of the molecule is CCOC(=O)c1c(C)n(C)c2ccc(OC[C@H](O)CNc3ccccc3)cc12. The molecule has 0 bridgehead atoms. The number of anilines is 1. The zero-order valence-electron chi connectivity index (χ0n) is 16.4. The number of para-hydroxylation sites is 1. The highest BCUT2D eigenvalue weighted by Gasteiger charge is 2.20. The van der Waals surface area contributed by atoms with Crippen molar-refractivity contribution in [2.75, 3.05) is 25.1 Å². The lowest BCUT2D eigenvalue weighted by Crippen LogP contribution is -2.26. The van der Waals surface area contributed by atoms with Gasteiger partial charge in [-0.25, -0.2) is 4.79 Å². The van der Waals surface area contributed by atoms with Gasteiger partial charge in [0.25, 0.3) is 0 Å². The molecule has 28 heavy (non-hydrogen) atoms. The molecule has 0 spiro atoms. The van der Waals surface area contributed by atoms with Crippen molar-refractivity contribution in [3.05, 3.63) is 59.8 Å². The van der Waals surface area contributed by atoms with Crippen molar-refractivity contribution in [3.8, 4) is 5.75 Å². The van der Waals surface area contributed by atoms with Crippen molar-refractivity contribution in [1.82, 2.24) is 4.57 Å². The van der Waals surface area contributed by atoms with Crippen LogP contribution in [-0.4, -0.2) is 41.5 Å². The predicted molar refractivity (Wildman–Crippen MR) is 110 cm³/mol. The largest absolute Gasteiger partial charge is 0.491 e. The van der Waals surface area contributed by atoms with Crippen LogP contribution >= 0.6 is 0 Å². The highest BCUT2D eigenvalue weighted by Crippen LogP contribution is 2.29. The van der Waals surface area contributed by atoms with Crippen LogP contribution in [-0.2, 0) is 11.8 Å². The maximum atomic E-state index is 12.4. The third-order valence-electron chi connectivity index (χ3n) is 4.70. The molecule has 0 fully saturated rings. The highest BCUT2D eigenvalue weighted by atomic mass is 16.5. The van der Waals surface area contributed by atoms with Gasteiger partial charge in [0, 0.05) is 35.9 Å².